The van der Waals surface area contributed by atoms with E-state index in [1.165, 1.54) is 4.31 Å². The van der Waals surface area contributed by atoms with Crippen molar-refractivity contribution in [2.45, 2.75) is 24.4 Å². The lowest BCUT2D eigenvalue weighted by Crippen LogP contribution is -2.29. The number of sulfonamides is 1. The fourth-order valence-corrected chi connectivity index (χ4v) is 5.61. The third kappa shape index (κ3) is 4.39. The third-order valence-electron chi connectivity index (χ3n) is 5.91. The predicted molar refractivity (Wildman–Crippen MR) is 128 cm³/mol. The van der Waals surface area contributed by atoms with Crippen molar-refractivity contribution in [2.75, 3.05) is 16.2 Å². The molecule has 0 aliphatic carbocycles. The molecule has 36 heavy (non-hydrogen) atoms. The second kappa shape index (κ2) is 8.63. The lowest BCUT2D eigenvalue weighted by molar-refractivity contribution is -0.137. The molecule has 8 nitrogen and oxygen atoms in total. The second-order valence-corrected chi connectivity index (χ2v) is 10.3. The van der Waals surface area contributed by atoms with Crippen LogP contribution in [-0.2, 0) is 29.7 Å². The van der Waals surface area contributed by atoms with E-state index < -0.39 is 21.8 Å². The molecular weight excluding hydrogens is 493 g/mol. The van der Waals surface area contributed by atoms with Crippen molar-refractivity contribution in [2.24, 2.45) is 7.05 Å². The first-order valence-electron chi connectivity index (χ1n) is 10.9. The molecule has 0 bridgehead atoms. The van der Waals surface area contributed by atoms with Crippen LogP contribution in [-0.4, -0.2) is 34.7 Å². The fourth-order valence-electron chi connectivity index (χ4n) is 4.11. The normalized spacial score (nSPS) is 13.6. The summed E-state index contributed by atoms with van der Waals surface area (Å²) in [5.41, 5.74) is 3.56. The van der Waals surface area contributed by atoms with Gasteiger partial charge in [-0.2, -0.15) is 18.3 Å². The highest BCUT2D eigenvalue weighted by atomic mass is 32.2. The molecule has 1 N–H and O–H groups in total. The van der Waals surface area contributed by atoms with Crippen molar-refractivity contribution >= 4 is 27.3 Å². The zero-order valence-electron chi connectivity index (χ0n) is 19.3. The molecule has 3 heterocycles. The Morgan fingerprint density at radius 1 is 1.06 bits per heavy atom. The third-order valence-corrected chi connectivity index (χ3v) is 7.74. The van der Waals surface area contributed by atoms with Crippen LogP contribution in [0.1, 0.15) is 16.7 Å². The Bertz CT molecular complexity index is 1550. The van der Waals surface area contributed by atoms with Crippen LogP contribution in [0.4, 0.5) is 30.5 Å². The van der Waals surface area contributed by atoms with Crippen molar-refractivity contribution in [3.8, 4) is 11.3 Å². The number of nitrogens with one attached hydrogen (secondary N) is 1. The highest BCUT2D eigenvalue weighted by Gasteiger charge is 2.33. The standard InChI is InChI=1S/C24H21F3N6O2S/c1-15-12-28-23(31-22(15)17-13-29-32(2)14-17)30-19-5-8-21-16(11-19)9-10-33(21)36(34,35)20-6-3-18(4-7-20)24(25,26)27/h3-8,11-14H,9-10H2,1-2H3,(H,28,30,31). The van der Waals surface area contributed by atoms with Gasteiger partial charge in [-0.05, 0) is 66.9 Å². The SMILES string of the molecule is Cc1cnc(Nc2ccc3c(c2)CCN3S(=O)(=O)c2ccc(C(F)(F)F)cc2)nc1-c1cnn(C)c1. The maximum Gasteiger partial charge on any atom is 0.416 e. The van der Waals surface area contributed by atoms with Gasteiger partial charge in [-0.25, -0.2) is 18.4 Å². The lowest BCUT2D eigenvalue weighted by atomic mass is 10.1. The van der Waals surface area contributed by atoms with Crippen LogP contribution in [0.5, 0.6) is 0 Å². The molecule has 0 saturated heterocycles. The Hall–Kier alpha value is -3.93. The van der Waals surface area contributed by atoms with Gasteiger partial charge in [-0.1, -0.05) is 0 Å². The van der Waals surface area contributed by atoms with E-state index in [1.807, 2.05) is 26.2 Å². The summed E-state index contributed by atoms with van der Waals surface area (Å²) in [5, 5.41) is 7.34. The topological polar surface area (TPSA) is 93.0 Å². The first-order chi connectivity index (χ1) is 17.0. The summed E-state index contributed by atoms with van der Waals surface area (Å²) < 4.78 is 67.8. The number of hydrogen-bond acceptors (Lipinski definition) is 6. The van der Waals surface area contributed by atoms with Crippen LogP contribution in [0, 0.1) is 6.92 Å². The maximum absolute atomic E-state index is 13.1. The van der Waals surface area contributed by atoms with Crippen molar-refractivity contribution < 1.29 is 21.6 Å². The molecule has 0 fully saturated rings. The molecule has 1 aliphatic rings. The van der Waals surface area contributed by atoms with E-state index in [0.29, 0.717) is 23.7 Å². The summed E-state index contributed by atoms with van der Waals surface area (Å²) in [4.78, 5) is 8.75. The van der Waals surface area contributed by atoms with Crippen LogP contribution < -0.4 is 9.62 Å². The summed E-state index contributed by atoms with van der Waals surface area (Å²) >= 11 is 0. The molecule has 2 aromatic carbocycles. The molecule has 0 unspecified atom stereocenters. The lowest BCUT2D eigenvalue weighted by Gasteiger charge is -2.20. The quantitative estimate of drug-likeness (QED) is 0.415. The number of aryl methyl sites for hydroxylation is 2. The number of halogens is 3. The van der Waals surface area contributed by atoms with Crippen molar-refractivity contribution in [1.82, 2.24) is 19.7 Å². The van der Waals surface area contributed by atoms with Gasteiger partial charge in [0, 0.05) is 37.2 Å². The van der Waals surface area contributed by atoms with Crippen molar-refractivity contribution in [1.29, 1.82) is 0 Å². The highest BCUT2D eigenvalue weighted by molar-refractivity contribution is 7.92. The Labute approximate surface area is 205 Å². The first-order valence-corrected chi connectivity index (χ1v) is 12.4. The molecule has 1 aliphatic heterocycles. The van der Waals surface area contributed by atoms with Crippen LogP contribution in [0.3, 0.4) is 0 Å². The van der Waals surface area contributed by atoms with E-state index in [-0.39, 0.29) is 11.4 Å². The molecule has 5 rings (SSSR count). The van der Waals surface area contributed by atoms with Gasteiger partial charge < -0.3 is 5.32 Å². The highest BCUT2D eigenvalue weighted by Crippen LogP contribution is 2.36. The number of rotatable bonds is 5. The Morgan fingerprint density at radius 3 is 2.47 bits per heavy atom. The zero-order chi connectivity index (χ0) is 25.7. The zero-order valence-corrected chi connectivity index (χ0v) is 20.1. The van der Waals surface area contributed by atoms with Crippen molar-refractivity contribution in [3.63, 3.8) is 0 Å². The molecule has 0 spiro atoms. The number of hydrogen-bond donors (Lipinski definition) is 1. The smallest absolute Gasteiger partial charge is 0.324 e. The van der Waals surface area contributed by atoms with E-state index in [2.05, 4.69) is 20.4 Å². The van der Waals surface area contributed by atoms with Gasteiger partial charge in [0.25, 0.3) is 10.0 Å². The summed E-state index contributed by atoms with van der Waals surface area (Å²) in [6, 6.07) is 8.73. The van der Waals surface area contributed by atoms with Gasteiger partial charge in [0.2, 0.25) is 5.95 Å². The van der Waals surface area contributed by atoms with Gasteiger partial charge in [0.15, 0.2) is 0 Å². The van der Waals surface area contributed by atoms with Gasteiger partial charge >= 0.3 is 6.18 Å². The molecule has 4 aromatic rings. The fraction of sp³-hybridized carbons (Fsp3) is 0.208. The minimum absolute atomic E-state index is 0.189. The minimum Gasteiger partial charge on any atom is -0.324 e. The van der Waals surface area contributed by atoms with Crippen LogP contribution >= 0.6 is 0 Å². The summed E-state index contributed by atoms with van der Waals surface area (Å²) in [6.07, 6.45) is 1.22. The van der Waals surface area contributed by atoms with Crippen LogP contribution in [0.2, 0.25) is 0 Å². The van der Waals surface area contributed by atoms with E-state index in [0.717, 1.165) is 46.6 Å². The molecule has 0 radical (unpaired) electrons. The first kappa shape index (κ1) is 23.8. The summed E-state index contributed by atoms with van der Waals surface area (Å²) in [7, 11) is -2.19. The number of anilines is 3. The van der Waals surface area contributed by atoms with Gasteiger partial charge in [-0.15, -0.1) is 0 Å². The average Bonchev–Trinajstić information content (AvgIpc) is 3.46. The van der Waals surface area contributed by atoms with Crippen molar-refractivity contribution in [3.05, 3.63) is 77.7 Å². The number of benzene rings is 2. The monoisotopic (exact) mass is 514 g/mol. The number of alkyl halides is 3. The predicted octanol–water partition coefficient (Wildman–Crippen LogP) is 4.70. The maximum atomic E-state index is 13.1. The number of aromatic nitrogens is 4. The van der Waals surface area contributed by atoms with E-state index in [1.54, 1.807) is 29.2 Å². The van der Waals surface area contributed by atoms with Crippen LogP contribution in [0.15, 0.2) is 66.0 Å². The summed E-state index contributed by atoms with van der Waals surface area (Å²) in [5.74, 6) is 0.381. The number of fused-ring (bicyclic) bond motifs is 1. The van der Waals surface area contributed by atoms with E-state index in [9.17, 15) is 21.6 Å². The van der Waals surface area contributed by atoms with Crippen LogP contribution in [0.25, 0.3) is 11.3 Å². The molecule has 0 saturated carbocycles. The van der Waals surface area contributed by atoms with E-state index >= 15 is 0 Å². The van der Waals surface area contributed by atoms with Gasteiger partial charge in [0.05, 0.1) is 28.0 Å². The molecule has 12 heteroatoms. The largest absolute Gasteiger partial charge is 0.416 e. The molecule has 0 atom stereocenters. The van der Waals surface area contributed by atoms with Gasteiger partial charge in [-0.3, -0.25) is 8.99 Å². The molecule has 0 amide bonds. The Morgan fingerprint density at radius 2 is 1.81 bits per heavy atom. The molecule has 2 aromatic heterocycles. The van der Waals surface area contributed by atoms with E-state index in [4.69, 9.17) is 0 Å². The average molecular weight is 515 g/mol. The van der Waals surface area contributed by atoms with Gasteiger partial charge in [0.1, 0.15) is 0 Å². The molecule has 186 valence electrons. The minimum atomic E-state index is -4.54. The second-order valence-electron chi connectivity index (χ2n) is 8.45. The number of nitrogens with zero attached hydrogens (tertiary/aromatic N) is 5. The summed E-state index contributed by atoms with van der Waals surface area (Å²) in [6.45, 7) is 2.10. The Balaban J connectivity index is 1.38. The Kier molecular flexibility index (Phi) is 5.70. The molecular formula is C24H21F3N6O2S.